The number of methoxy groups -OCH3 is 1. The van der Waals surface area contributed by atoms with Crippen LogP contribution in [0.4, 0.5) is 5.69 Å². The Morgan fingerprint density at radius 2 is 2.00 bits per heavy atom. The maximum atomic E-state index is 12.9. The number of hydrogen-bond donors (Lipinski definition) is 1. The van der Waals surface area contributed by atoms with Gasteiger partial charge in [0, 0.05) is 45.0 Å². The number of nitrogens with one attached hydrogen (secondary N) is 1. The summed E-state index contributed by atoms with van der Waals surface area (Å²) in [4.78, 5) is 16.8. The van der Waals surface area contributed by atoms with E-state index in [-0.39, 0.29) is 5.91 Å². The first-order valence-corrected chi connectivity index (χ1v) is 7.35. The summed E-state index contributed by atoms with van der Waals surface area (Å²) in [6, 6.07) is 7.58. The number of rotatable bonds is 4. The fraction of sp³-hybridized carbons (Fsp3) is 0.562. The molecule has 0 bridgehead atoms. The average Bonchev–Trinajstić information content (AvgIpc) is 2.54. The Labute approximate surface area is 126 Å². The molecule has 1 heterocycles. The zero-order valence-corrected chi connectivity index (χ0v) is 13.3. The molecule has 0 spiro atoms. The molecule has 2 rings (SSSR count). The van der Waals surface area contributed by atoms with Gasteiger partial charge < -0.3 is 15.0 Å². The summed E-state index contributed by atoms with van der Waals surface area (Å²) >= 11 is 0. The summed E-state index contributed by atoms with van der Waals surface area (Å²) in [5, 5.41) is 3.32. The highest BCUT2D eigenvalue weighted by atomic mass is 16.5. The van der Waals surface area contributed by atoms with Crippen LogP contribution < -0.4 is 15.0 Å². The molecule has 0 aromatic heterocycles. The van der Waals surface area contributed by atoms with Gasteiger partial charge in [-0.2, -0.15) is 0 Å². The second-order valence-corrected chi connectivity index (χ2v) is 5.86. The van der Waals surface area contributed by atoms with E-state index in [4.69, 9.17) is 4.74 Å². The minimum atomic E-state index is -0.514. The molecule has 1 aromatic rings. The Morgan fingerprint density at radius 1 is 1.33 bits per heavy atom. The van der Waals surface area contributed by atoms with E-state index in [1.807, 2.05) is 45.2 Å². The van der Waals surface area contributed by atoms with Crippen LogP contribution in [0.5, 0.6) is 5.75 Å². The number of carbonyl (C=O) groups excluding carboxylic acids is 1. The molecule has 0 atom stereocenters. The predicted molar refractivity (Wildman–Crippen MR) is 84.9 cm³/mol. The molecule has 0 radical (unpaired) electrons. The van der Waals surface area contributed by atoms with E-state index in [1.54, 1.807) is 12.0 Å². The van der Waals surface area contributed by atoms with Gasteiger partial charge in [-0.05, 0) is 26.0 Å². The van der Waals surface area contributed by atoms with Gasteiger partial charge in [-0.1, -0.05) is 6.07 Å². The molecule has 1 aliphatic heterocycles. The third-order valence-electron chi connectivity index (χ3n) is 4.18. The van der Waals surface area contributed by atoms with Gasteiger partial charge in [-0.15, -0.1) is 0 Å². The van der Waals surface area contributed by atoms with E-state index in [2.05, 4.69) is 10.2 Å². The van der Waals surface area contributed by atoms with Crippen molar-refractivity contribution in [3.8, 4) is 5.75 Å². The number of anilines is 1. The van der Waals surface area contributed by atoms with Gasteiger partial charge in [0.2, 0.25) is 5.91 Å². The van der Waals surface area contributed by atoms with Crippen LogP contribution in [0.1, 0.15) is 13.8 Å². The number of hydrogen-bond acceptors (Lipinski definition) is 4. The summed E-state index contributed by atoms with van der Waals surface area (Å²) < 4.78 is 5.23. The summed E-state index contributed by atoms with van der Waals surface area (Å²) in [5.74, 6) is 0.852. The average molecular weight is 291 g/mol. The minimum absolute atomic E-state index is 0.0950. The van der Waals surface area contributed by atoms with Crippen molar-refractivity contribution in [2.24, 2.45) is 0 Å². The first kappa shape index (κ1) is 15.8. The Hall–Kier alpha value is -1.59. The van der Waals surface area contributed by atoms with Crippen LogP contribution in [0.15, 0.2) is 24.3 Å². The molecule has 5 nitrogen and oxygen atoms in total. The van der Waals surface area contributed by atoms with Crippen LogP contribution in [-0.4, -0.2) is 56.7 Å². The van der Waals surface area contributed by atoms with Crippen LogP contribution >= 0.6 is 0 Å². The number of benzene rings is 1. The van der Waals surface area contributed by atoms with Crippen LogP contribution in [0.25, 0.3) is 0 Å². The van der Waals surface area contributed by atoms with Crippen molar-refractivity contribution >= 4 is 11.6 Å². The lowest BCUT2D eigenvalue weighted by atomic mass is 9.99. The number of ether oxygens (including phenoxy) is 1. The fourth-order valence-corrected chi connectivity index (χ4v) is 2.71. The molecule has 1 fully saturated rings. The standard InChI is InChI=1S/C16H25N3O2/c1-16(2,19-10-8-17-9-11-19)15(20)18(3)13-6-5-7-14(12-13)21-4/h5-7,12,17H,8-11H2,1-4H3. The molecule has 1 aliphatic rings. The lowest BCUT2D eigenvalue weighted by Gasteiger charge is -2.41. The molecule has 0 saturated carbocycles. The molecule has 1 amide bonds. The smallest absolute Gasteiger partial charge is 0.246 e. The maximum Gasteiger partial charge on any atom is 0.246 e. The monoisotopic (exact) mass is 291 g/mol. The molecule has 0 aliphatic carbocycles. The van der Waals surface area contributed by atoms with Gasteiger partial charge in [-0.3, -0.25) is 9.69 Å². The SMILES string of the molecule is COc1cccc(N(C)C(=O)C(C)(C)N2CCNCC2)c1. The Kier molecular flexibility index (Phi) is 4.85. The number of carbonyl (C=O) groups is 1. The molecular formula is C16H25N3O2. The van der Waals surface area contributed by atoms with Gasteiger partial charge >= 0.3 is 0 Å². The summed E-state index contributed by atoms with van der Waals surface area (Å²) in [6.45, 7) is 7.64. The summed E-state index contributed by atoms with van der Waals surface area (Å²) in [5.41, 5.74) is 0.336. The Morgan fingerprint density at radius 3 is 2.62 bits per heavy atom. The first-order chi connectivity index (χ1) is 9.96. The Balaban J connectivity index is 2.16. The molecular weight excluding hydrogens is 266 g/mol. The van der Waals surface area contributed by atoms with Crippen LogP contribution in [0, 0.1) is 0 Å². The first-order valence-electron chi connectivity index (χ1n) is 7.35. The van der Waals surface area contributed by atoms with Crippen molar-refractivity contribution in [3.05, 3.63) is 24.3 Å². The summed E-state index contributed by atoms with van der Waals surface area (Å²) in [6.07, 6.45) is 0. The molecule has 116 valence electrons. The van der Waals surface area contributed by atoms with E-state index in [1.165, 1.54) is 0 Å². The van der Waals surface area contributed by atoms with Gasteiger partial charge in [0.15, 0.2) is 0 Å². The van der Waals surface area contributed by atoms with Crippen molar-refractivity contribution in [1.29, 1.82) is 0 Å². The molecule has 0 unspecified atom stereocenters. The van der Waals surface area contributed by atoms with Gasteiger partial charge in [0.25, 0.3) is 0 Å². The van der Waals surface area contributed by atoms with E-state index in [0.29, 0.717) is 0 Å². The van der Waals surface area contributed by atoms with Crippen LogP contribution in [-0.2, 0) is 4.79 Å². The highest BCUT2D eigenvalue weighted by molar-refractivity contribution is 5.99. The largest absolute Gasteiger partial charge is 0.497 e. The van der Waals surface area contributed by atoms with Crippen LogP contribution in [0.3, 0.4) is 0 Å². The highest BCUT2D eigenvalue weighted by Gasteiger charge is 2.37. The number of likely N-dealkylation sites (N-methyl/N-ethyl adjacent to an activating group) is 1. The van der Waals surface area contributed by atoms with Gasteiger partial charge in [-0.25, -0.2) is 0 Å². The van der Waals surface area contributed by atoms with Crippen LogP contribution in [0.2, 0.25) is 0 Å². The number of amides is 1. The second-order valence-electron chi connectivity index (χ2n) is 5.86. The fourth-order valence-electron chi connectivity index (χ4n) is 2.71. The zero-order valence-electron chi connectivity index (χ0n) is 13.3. The summed E-state index contributed by atoms with van der Waals surface area (Å²) in [7, 11) is 3.45. The molecule has 5 heteroatoms. The van der Waals surface area contributed by atoms with Crippen molar-refractivity contribution in [1.82, 2.24) is 10.2 Å². The third kappa shape index (κ3) is 3.36. The molecule has 1 saturated heterocycles. The quantitative estimate of drug-likeness (QED) is 0.909. The van der Waals surface area contributed by atoms with E-state index >= 15 is 0 Å². The van der Waals surface area contributed by atoms with Gasteiger partial charge in [0.1, 0.15) is 5.75 Å². The van der Waals surface area contributed by atoms with Crippen molar-refractivity contribution in [2.75, 3.05) is 45.2 Å². The highest BCUT2D eigenvalue weighted by Crippen LogP contribution is 2.24. The number of nitrogens with zero attached hydrogens (tertiary/aromatic N) is 2. The lowest BCUT2D eigenvalue weighted by Crippen LogP contribution is -2.60. The zero-order chi connectivity index (χ0) is 15.5. The van der Waals surface area contributed by atoms with Crippen molar-refractivity contribution < 1.29 is 9.53 Å². The third-order valence-corrected chi connectivity index (χ3v) is 4.18. The second kappa shape index (κ2) is 6.45. The Bertz CT molecular complexity index is 496. The molecule has 1 N–H and O–H groups in total. The lowest BCUT2D eigenvalue weighted by molar-refractivity contribution is -0.129. The topological polar surface area (TPSA) is 44.8 Å². The molecule has 21 heavy (non-hydrogen) atoms. The molecule has 1 aromatic carbocycles. The van der Waals surface area contributed by atoms with E-state index in [9.17, 15) is 4.79 Å². The van der Waals surface area contributed by atoms with E-state index in [0.717, 1.165) is 37.6 Å². The normalized spacial score (nSPS) is 16.6. The van der Waals surface area contributed by atoms with E-state index < -0.39 is 5.54 Å². The number of piperazine rings is 1. The van der Waals surface area contributed by atoms with Gasteiger partial charge in [0.05, 0.1) is 12.6 Å². The maximum absolute atomic E-state index is 12.9. The predicted octanol–water partition coefficient (Wildman–Crippen LogP) is 1.34. The van der Waals surface area contributed by atoms with Crippen molar-refractivity contribution in [3.63, 3.8) is 0 Å². The van der Waals surface area contributed by atoms with Crippen molar-refractivity contribution in [2.45, 2.75) is 19.4 Å². The minimum Gasteiger partial charge on any atom is -0.497 e.